The number of hydrogen-bond acceptors (Lipinski definition) is 4. The summed E-state index contributed by atoms with van der Waals surface area (Å²) in [7, 11) is 1.84. The van der Waals surface area contributed by atoms with Crippen molar-refractivity contribution < 1.29 is 9.84 Å². The first-order valence-corrected chi connectivity index (χ1v) is 8.71. The molecule has 2 aliphatic rings. The molecule has 2 rings (SSSR count). The van der Waals surface area contributed by atoms with Gasteiger partial charge in [-0.05, 0) is 65.0 Å². The smallest absolute Gasteiger partial charge is 0.0777 e. The molecule has 1 aliphatic heterocycles. The molecule has 0 radical (unpaired) electrons. The zero-order valence-electron chi connectivity index (χ0n) is 14.2. The fourth-order valence-electron chi connectivity index (χ4n) is 4.12. The summed E-state index contributed by atoms with van der Waals surface area (Å²) in [6.07, 6.45) is 8.15. The van der Waals surface area contributed by atoms with Gasteiger partial charge in [0.2, 0.25) is 0 Å². The van der Waals surface area contributed by atoms with Crippen LogP contribution in [0, 0.1) is 0 Å². The molecular formula is C17H34N2O2. The maximum atomic E-state index is 9.93. The van der Waals surface area contributed by atoms with Gasteiger partial charge in [0.05, 0.1) is 12.2 Å². The Morgan fingerprint density at radius 1 is 1.33 bits per heavy atom. The number of rotatable bonds is 6. The first-order chi connectivity index (χ1) is 10.1. The van der Waals surface area contributed by atoms with Crippen LogP contribution in [0.15, 0.2) is 0 Å². The molecule has 4 heteroatoms. The molecule has 0 aromatic heterocycles. The molecule has 3 unspecified atom stereocenters. The average molecular weight is 298 g/mol. The molecule has 3 atom stereocenters. The summed E-state index contributed by atoms with van der Waals surface area (Å²) in [5.74, 6) is 0. The van der Waals surface area contributed by atoms with Crippen LogP contribution in [0.1, 0.15) is 58.8 Å². The molecular weight excluding hydrogens is 264 g/mol. The van der Waals surface area contributed by atoms with Crippen molar-refractivity contribution >= 4 is 0 Å². The van der Waals surface area contributed by atoms with E-state index in [1.54, 1.807) is 0 Å². The van der Waals surface area contributed by atoms with E-state index >= 15 is 0 Å². The SMILES string of the molecule is CCCNC1(CO)CCCC(N2CCCC(C)(OC)C2)C1. The van der Waals surface area contributed by atoms with Gasteiger partial charge in [0.25, 0.3) is 0 Å². The van der Waals surface area contributed by atoms with Gasteiger partial charge in [-0.1, -0.05) is 6.92 Å². The number of likely N-dealkylation sites (tertiary alicyclic amines) is 1. The Bertz CT molecular complexity index is 326. The van der Waals surface area contributed by atoms with Gasteiger partial charge >= 0.3 is 0 Å². The third-order valence-corrected chi connectivity index (χ3v) is 5.57. The van der Waals surface area contributed by atoms with Crippen molar-refractivity contribution in [3.8, 4) is 0 Å². The predicted octanol–water partition coefficient (Wildman–Crippen LogP) is 2.16. The zero-order chi connectivity index (χ0) is 15.3. The summed E-state index contributed by atoms with van der Waals surface area (Å²) in [5.41, 5.74) is -0.0474. The van der Waals surface area contributed by atoms with Crippen LogP contribution in [0.2, 0.25) is 0 Å². The molecule has 1 saturated carbocycles. The van der Waals surface area contributed by atoms with Crippen LogP contribution in [0.5, 0.6) is 0 Å². The van der Waals surface area contributed by atoms with E-state index in [4.69, 9.17) is 4.74 Å². The molecule has 1 saturated heterocycles. The normalized spacial score (nSPS) is 38.6. The minimum atomic E-state index is -0.0557. The van der Waals surface area contributed by atoms with E-state index in [2.05, 4.69) is 24.1 Å². The first kappa shape index (κ1) is 17.2. The molecule has 1 aliphatic carbocycles. The van der Waals surface area contributed by atoms with Gasteiger partial charge in [0.1, 0.15) is 0 Å². The Hall–Kier alpha value is -0.160. The fraction of sp³-hybridized carbons (Fsp3) is 1.00. The molecule has 0 spiro atoms. The van der Waals surface area contributed by atoms with Crippen molar-refractivity contribution in [2.24, 2.45) is 0 Å². The third kappa shape index (κ3) is 4.19. The van der Waals surface area contributed by atoms with E-state index in [9.17, 15) is 5.11 Å². The molecule has 2 N–H and O–H groups in total. The molecule has 0 bridgehead atoms. The van der Waals surface area contributed by atoms with E-state index in [1.165, 1.54) is 25.8 Å². The Balaban J connectivity index is 1.99. The Morgan fingerprint density at radius 3 is 2.81 bits per heavy atom. The number of hydrogen-bond donors (Lipinski definition) is 2. The number of aliphatic hydroxyl groups excluding tert-OH is 1. The van der Waals surface area contributed by atoms with Crippen LogP contribution >= 0.6 is 0 Å². The predicted molar refractivity (Wildman–Crippen MR) is 86.6 cm³/mol. The summed E-state index contributed by atoms with van der Waals surface area (Å²) in [6.45, 7) is 7.90. The highest BCUT2D eigenvalue weighted by Crippen LogP contribution is 2.34. The van der Waals surface area contributed by atoms with E-state index in [1.807, 2.05) is 7.11 Å². The van der Waals surface area contributed by atoms with Crippen LogP contribution in [0.4, 0.5) is 0 Å². The lowest BCUT2D eigenvalue weighted by atomic mass is 9.77. The van der Waals surface area contributed by atoms with Gasteiger partial charge in [-0.2, -0.15) is 0 Å². The molecule has 0 amide bonds. The zero-order valence-corrected chi connectivity index (χ0v) is 14.2. The van der Waals surface area contributed by atoms with Crippen molar-refractivity contribution in [3.05, 3.63) is 0 Å². The highest BCUT2D eigenvalue weighted by Gasteiger charge is 2.40. The summed E-state index contributed by atoms with van der Waals surface area (Å²) < 4.78 is 5.74. The molecule has 2 fully saturated rings. The maximum Gasteiger partial charge on any atom is 0.0777 e. The Kier molecular flexibility index (Phi) is 6.06. The Morgan fingerprint density at radius 2 is 2.14 bits per heavy atom. The second-order valence-corrected chi connectivity index (χ2v) is 7.34. The standard InChI is InChI=1S/C17H34N2O2/c1-4-10-18-17(14-20)9-5-7-15(12-17)19-11-6-8-16(2,13-19)21-3/h15,18,20H,4-14H2,1-3H3. The number of aliphatic hydroxyl groups is 1. The van der Waals surface area contributed by atoms with Crippen LogP contribution in [-0.2, 0) is 4.74 Å². The first-order valence-electron chi connectivity index (χ1n) is 8.71. The highest BCUT2D eigenvalue weighted by molar-refractivity contribution is 4.98. The Labute approximate surface area is 130 Å². The monoisotopic (exact) mass is 298 g/mol. The van der Waals surface area contributed by atoms with Crippen LogP contribution in [0.25, 0.3) is 0 Å². The number of nitrogens with one attached hydrogen (secondary N) is 1. The van der Waals surface area contributed by atoms with Crippen molar-refractivity contribution in [2.75, 3.05) is 33.4 Å². The number of ether oxygens (including phenoxy) is 1. The molecule has 0 aromatic carbocycles. The van der Waals surface area contributed by atoms with Gasteiger partial charge in [0, 0.05) is 25.2 Å². The van der Waals surface area contributed by atoms with E-state index in [0.29, 0.717) is 6.04 Å². The van der Waals surface area contributed by atoms with Gasteiger partial charge in [-0.15, -0.1) is 0 Å². The topological polar surface area (TPSA) is 44.7 Å². The highest BCUT2D eigenvalue weighted by atomic mass is 16.5. The fourth-order valence-corrected chi connectivity index (χ4v) is 4.12. The lowest BCUT2D eigenvalue weighted by Gasteiger charge is -2.48. The molecule has 0 aromatic rings. The number of methoxy groups -OCH3 is 1. The van der Waals surface area contributed by atoms with Gasteiger partial charge in [0.15, 0.2) is 0 Å². The minimum Gasteiger partial charge on any atom is -0.394 e. The second kappa shape index (κ2) is 7.40. The van der Waals surface area contributed by atoms with Crippen molar-refractivity contribution in [2.45, 2.75) is 76.0 Å². The number of piperidine rings is 1. The average Bonchev–Trinajstić information content (AvgIpc) is 2.53. The van der Waals surface area contributed by atoms with Crippen LogP contribution in [0.3, 0.4) is 0 Å². The maximum absolute atomic E-state index is 9.93. The summed E-state index contributed by atoms with van der Waals surface area (Å²) in [4.78, 5) is 2.62. The lowest BCUT2D eigenvalue weighted by Crippen LogP contribution is -2.59. The molecule has 1 heterocycles. The summed E-state index contributed by atoms with van der Waals surface area (Å²) >= 11 is 0. The molecule has 4 nitrogen and oxygen atoms in total. The van der Waals surface area contributed by atoms with E-state index < -0.39 is 0 Å². The minimum absolute atomic E-state index is 0.00835. The lowest BCUT2D eigenvalue weighted by molar-refractivity contribution is -0.0707. The molecule has 124 valence electrons. The third-order valence-electron chi connectivity index (χ3n) is 5.57. The van der Waals surface area contributed by atoms with Gasteiger partial charge in [-0.25, -0.2) is 0 Å². The second-order valence-electron chi connectivity index (χ2n) is 7.34. The summed E-state index contributed by atoms with van der Waals surface area (Å²) in [5, 5.41) is 13.6. The van der Waals surface area contributed by atoms with E-state index in [-0.39, 0.29) is 17.7 Å². The van der Waals surface area contributed by atoms with Crippen molar-refractivity contribution in [1.29, 1.82) is 0 Å². The summed E-state index contributed by atoms with van der Waals surface area (Å²) in [6, 6.07) is 0.588. The number of nitrogens with zero attached hydrogens (tertiary/aromatic N) is 1. The van der Waals surface area contributed by atoms with Crippen LogP contribution < -0.4 is 5.32 Å². The largest absolute Gasteiger partial charge is 0.394 e. The van der Waals surface area contributed by atoms with Gasteiger partial charge in [-0.3, -0.25) is 4.90 Å². The van der Waals surface area contributed by atoms with E-state index in [0.717, 1.165) is 38.8 Å². The van der Waals surface area contributed by atoms with Crippen molar-refractivity contribution in [1.82, 2.24) is 10.2 Å². The van der Waals surface area contributed by atoms with Crippen molar-refractivity contribution in [3.63, 3.8) is 0 Å². The van der Waals surface area contributed by atoms with Crippen LogP contribution in [-0.4, -0.2) is 60.5 Å². The molecule has 21 heavy (non-hydrogen) atoms. The van der Waals surface area contributed by atoms with Gasteiger partial charge < -0.3 is 15.2 Å². The quantitative estimate of drug-likeness (QED) is 0.789.